The van der Waals surface area contributed by atoms with E-state index in [0.717, 1.165) is 10.9 Å². The number of rotatable bonds is 5. The maximum atomic E-state index is 13.3. The van der Waals surface area contributed by atoms with E-state index >= 15 is 0 Å². The van der Waals surface area contributed by atoms with Gasteiger partial charge >= 0.3 is 5.97 Å². The number of nitrogens with one attached hydrogen (secondary N) is 1. The van der Waals surface area contributed by atoms with Crippen LogP contribution in [0.25, 0.3) is 10.9 Å². The molecule has 0 aliphatic heterocycles. The van der Waals surface area contributed by atoms with Crippen molar-refractivity contribution in [1.82, 2.24) is 4.98 Å². The van der Waals surface area contributed by atoms with Crippen LogP contribution in [-0.4, -0.2) is 24.2 Å². The second kappa shape index (κ2) is 6.30. The van der Waals surface area contributed by atoms with Crippen LogP contribution in [0, 0.1) is 5.82 Å². The van der Waals surface area contributed by atoms with Crippen molar-refractivity contribution < 1.29 is 18.7 Å². The number of fused-ring (bicyclic) bond motifs is 1. The van der Waals surface area contributed by atoms with E-state index in [9.17, 15) is 9.18 Å². The third-order valence-corrected chi connectivity index (χ3v) is 3.22. The minimum Gasteiger partial charge on any atom is -0.487 e. The number of carbonyl (C=O) groups is 1. The molecule has 2 aromatic carbocycles. The van der Waals surface area contributed by atoms with Crippen LogP contribution in [0.4, 0.5) is 4.39 Å². The maximum Gasteiger partial charge on any atom is 0.340 e. The summed E-state index contributed by atoms with van der Waals surface area (Å²) in [5, 5.41) is 0.808. The first-order chi connectivity index (χ1) is 10.8. The van der Waals surface area contributed by atoms with Gasteiger partial charge in [-0.15, -0.1) is 0 Å². The molecule has 3 aromatic rings. The molecule has 1 N–H and O–H groups in total. The van der Waals surface area contributed by atoms with Crippen LogP contribution in [0.3, 0.4) is 0 Å². The Labute approximate surface area is 126 Å². The van der Waals surface area contributed by atoms with E-state index in [4.69, 9.17) is 9.47 Å². The zero-order valence-electron chi connectivity index (χ0n) is 11.7. The van der Waals surface area contributed by atoms with Gasteiger partial charge in [-0.25, -0.2) is 9.18 Å². The van der Waals surface area contributed by atoms with Gasteiger partial charge in [0.25, 0.3) is 0 Å². The molecule has 5 heteroatoms. The highest BCUT2D eigenvalue weighted by Crippen LogP contribution is 2.18. The predicted octanol–water partition coefficient (Wildman–Crippen LogP) is 3.54. The van der Waals surface area contributed by atoms with Crippen LogP contribution in [0.2, 0.25) is 0 Å². The van der Waals surface area contributed by atoms with Gasteiger partial charge in [0.1, 0.15) is 13.2 Å². The van der Waals surface area contributed by atoms with E-state index in [1.54, 1.807) is 18.3 Å². The summed E-state index contributed by atoms with van der Waals surface area (Å²) in [5.41, 5.74) is 1.35. The van der Waals surface area contributed by atoms with Crippen molar-refractivity contribution >= 4 is 16.9 Å². The van der Waals surface area contributed by atoms with Gasteiger partial charge in [0.15, 0.2) is 11.6 Å². The molecule has 0 radical (unpaired) electrons. The number of H-pyrrole nitrogens is 1. The highest BCUT2D eigenvalue weighted by Gasteiger charge is 2.13. The number of carbonyl (C=O) groups excluding carboxylic acids is 1. The average molecular weight is 299 g/mol. The van der Waals surface area contributed by atoms with Gasteiger partial charge in [0, 0.05) is 17.1 Å². The molecule has 0 atom stereocenters. The van der Waals surface area contributed by atoms with E-state index in [0.29, 0.717) is 5.56 Å². The Balaban J connectivity index is 1.56. The standard InChI is InChI=1S/C17H14FNO3/c18-14-6-2-4-8-16(14)21-9-10-22-17(20)13-11-19-15-7-3-1-5-12(13)15/h1-8,11,19H,9-10H2. The molecule has 1 aromatic heterocycles. The van der Waals surface area contributed by atoms with Crippen LogP contribution >= 0.6 is 0 Å². The molecule has 0 saturated heterocycles. The Morgan fingerprint density at radius 1 is 1.05 bits per heavy atom. The van der Waals surface area contributed by atoms with Crippen molar-refractivity contribution in [2.75, 3.05) is 13.2 Å². The highest BCUT2D eigenvalue weighted by molar-refractivity contribution is 6.03. The van der Waals surface area contributed by atoms with Gasteiger partial charge in [-0.05, 0) is 18.2 Å². The molecular weight excluding hydrogens is 285 g/mol. The quantitative estimate of drug-likeness (QED) is 0.579. The van der Waals surface area contributed by atoms with Crippen molar-refractivity contribution in [3.05, 3.63) is 66.1 Å². The van der Waals surface area contributed by atoms with E-state index in [1.165, 1.54) is 12.1 Å². The van der Waals surface area contributed by atoms with Crippen molar-refractivity contribution in [1.29, 1.82) is 0 Å². The summed E-state index contributed by atoms with van der Waals surface area (Å²) in [6.07, 6.45) is 1.62. The Kier molecular flexibility index (Phi) is 4.05. The van der Waals surface area contributed by atoms with Crippen molar-refractivity contribution in [3.8, 4) is 5.75 Å². The number of hydrogen-bond donors (Lipinski definition) is 1. The molecule has 0 amide bonds. The van der Waals surface area contributed by atoms with Crippen molar-refractivity contribution in [2.24, 2.45) is 0 Å². The van der Waals surface area contributed by atoms with Gasteiger partial charge in [-0.1, -0.05) is 30.3 Å². The molecule has 112 valence electrons. The van der Waals surface area contributed by atoms with E-state index < -0.39 is 11.8 Å². The number of ether oxygens (including phenoxy) is 2. The molecule has 0 unspecified atom stereocenters. The number of para-hydroxylation sites is 2. The average Bonchev–Trinajstić information content (AvgIpc) is 2.97. The van der Waals surface area contributed by atoms with Crippen LogP contribution < -0.4 is 4.74 Å². The summed E-state index contributed by atoms with van der Waals surface area (Å²) in [6.45, 7) is 0.141. The molecule has 0 aliphatic rings. The summed E-state index contributed by atoms with van der Waals surface area (Å²) >= 11 is 0. The predicted molar refractivity (Wildman–Crippen MR) is 80.5 cm³/mol. The molecule has 0 bridgehead atoms. The molecule has 3 rings (SSSR count). The van der Waals surface area contributed by atoms with Gasteiger partial charge in [0.05, 0.1) is 5.56 Å². The van der Waals surface area contributed by atoms with Gasteiger partial charge in [-0.3, -0.25) is 0 Å². The Morgan fingerprint density at radius 3 is 2.68 bits per heavy atom. The third-order valence-electron chi connectivity index (χ3n) is 3.22. The molecule has 0 spiro atoms. The number of benzene rings is 2. The Bertz CT molecular complexity index is 797. The summed E-state index contributed by atoms with van der Waals surface area (Å²) in [5.74, 6) is -0.731. The first-order valence-electron chi connectivity index (χ1n) is 6.86. The lowest BCUT2D eigenvalue weighted by molar-refractivity contribution is 0.0451. The van der Waals surface area contributed by atoms with Crippen LogP contribution in [0.5, 0.6) is 5.75 Å². The fourth-order valence-corrected chi connectivity index (χ4v) is 2.17. The molecule has 0 fully saturated rings. The lowest BCUT2D eigenvalue weighted by Gasteiger charge is -2.07. The third kappa shape index (κ3) is 2.93. The highest BCUT2D eigenvalue weighted by atomic mass is 19.1. The fourth-order valence-electron chi connectivity index (χ4n) is 2.17. The fraction of sp³-hybridized carbons (Fsp3) is 0.118. The van der Waals surface area contributed by atoms with Crippen molar-refractivity contribution in [2.45, 2.75) is 0 Å². The van der Waals surface area contributed by atoms with E-state index in [-0.39, 0.29) is 19.0 Å². The summed E-state index contributed by atoms with van der Waals surface area (Å²) < 4.78 is 23.7. The number of aromatic nitrogens is 1. The summed E-state index contributed by atoms with van der Waals surface area (Å²) in [4.78, 5) is 15.0. The second-order valence-corrected chi connectivity index (χ2v) is 4.66. The minimum atomic E-state index is -0.439. The largest absolute Gasteiger partial charge is 0.487 e. The van der Waals surface area contributed by atoms with Crippen LogP contribution in [-0.2, 0) is 4.74 Å². The summed E-state index contributed by atoms with van der Waals surface area (Å²) in [6, 6.07) is 13.6. The second-order valence-electron chi connectivity index (χ2n) is 4.66. The molecule has 0 aliphatic carbocycles. The first kappa shape index (κ1) is 14.1. The smallest absolute Gasteiger partial charge is 0.340 e. The van der Waals surface area contributed by atoms with E-state index in [1.807, 2.05) is 24.3 Å². The first-order valence-corrected chi connectivity index (χ1v) is 6.86. The van der Waals surface area contributed by atoms with Crippen molar-refractivity contribution in [3.63, 3.8) is 0 Å². The van der Waals surface area contributed by atoms with Gasteiger partial charge in [-0.2, -0.15) is 0 Å². The number of esters is 1. The summed E-state index contributed by atoms with van der Waals surface area (Å²) in [7, 11) is 0. The minimum absolute atomic E-state index is 0.0483. The zero-order valence-corrected chi connectivity index (χ0v) is 11.7. The zero-order chi connectivity index (χ0) is 15.4. The molecule has 4 nitrogen and oxygen atoms in total. The van der Waals surface area contributed by atoms with Crippen LogP contribution in [0.1, 0.15) is 10.4 Å². The Morgan fingerprint density at radius 2 is 1.82 bits per heavy atom. The normalized spacial score (nSPS) is 10.6. The monoisotopic (exact) mass is 299 g/mol. The van der Waals surface area contributed by atoms with Crippen LogP contribution in [0.15, 0.2) is 54.7 Å². The lowest BCUT2D eigenvalue weighted by atomic mass is 10.2. The SMILES string of the molecule is O=C(OCCOc1ccccc1F)c1c[nH]c2ccccc12. The number of halogens is 1. The molecule has 22 heavy (non-hydrogen) atoms. The Hall–Kier alpha value is -2.82. The molecule has 1 heterocycles. The van der Waals surface area contributed by atoms with Gasteiger partial charge < -0.3 is 14.5 Å². The van der Waals surface area contributed by atoms with Gasteiger partial charge in [0.2, 0.25) is 0 Å². The molecular formula is C17H14FNO3. The maximum absolute atomic E-state index is 13.3. The molecule has 0 saturated carbocycles. The number of hydrogen-bond acceptors (Lipinski definition) is 3. The lowest BCUT2D eigenvalue weighted by Crippen LogP contribution is -2.12. The topological polar surface area (TPSA) is 51.3 Å². The number of aromatic amines is 1. The van der Waals surface area contributed by atoms with E-state index in [2.05, 4.69) is 4.98 Å².